The van der Waals surface area contributed by atoms with Crippen molar-refractivity contribution in [2.45, 2.75) is 4.90 Å². The van der Waals surface area contributed by atoms with Gasteiger partial charge in [-0.25, -0.2) is 8.42 Å². The molecule has 1 N–H and O–H groups in total. The van der Waals surface area contributed by atoms with E-state index in [-0.39, 0.29) is 16.4 Å². The smallest absolute Gasteiger partial charge is 0.185 e. The van der Waals surface area contributed by atoms with Gasteiger partial charge in [0.05, 0.1) is 5.75 Å². The number of sulfone groups is 1. The van der Waals surface area contributed by atoms with E-state index in [4.69, 9.17) is 11.6 Å². The Bertz CT molecular complexity index is 652. The summed E-state index contributed by atoms with van der Waals surface area (Å²) in [6.07, 6.45) is 1.29. The van der Waals surface area contributed by atoms with Crippen molar-refractivity contribution in [2.75, 3.05) is 5.75 Å². The number of phenolic OH excluding ortho intramolecular Hbond substituents is 1. The molecule has 2 rings (SSSR count). The normalized spacial score (nSPS) is 10.2. The maximum Gasteiger partial charge on any atom is 0.185 e. The average molecular weight is 311 g/mol. The third-order valence-electron chi connectivity index (χ3n) is 2.27. The minimum absolute atomic E-state index is 0.0464. The zero-order valence-corrected chi connectivity index (χ0v) is 12.3. The molecule has 0 saturated heterocycles. The summed E-state index contributed by atoms with van der Waals surface area (Å²) in [5, 5.41) is 10.1. The van der Waals surface area contributed by atoms with Crippen LogP contribution in [0.25, 0.3) is 0 Å². The first kappa shape index (κ1) is 16.3. The summed E-state index contributed by atoms with van der Waals surface area (Å²) in [5.74, 6) is -0.380. The van der Waals surface area contributed by atoms with Gasteiger partial charge in [0.2, 0.25) is 0 Å². The zero-order chi connectivity index (χ0) is 15.0. The Balaban J connectivity index is 0.000000240. The fraction of sp³-hybridized carbons (Fsp3) is 0.0667. The summed E-state index contributed by atoms with van der Waals surface area (Å²) < 4.78 is 22.8. The molecule has 106 valence electrons. The highest BCUT2D eigenvalue weighted by Crippen LogP contribution is 2.22. The molecule has 0 fully saturated rings. The van der Waals surface area contributed by atoms with Crippen LogP contribution in [0.1, 0.15) is 0 Å². The molecule has 0 aliphatic rings. The Labute approximate surface area is 124 Å². The summed E-state index contributed by atoms with van der Waals surface area (Å²) in [4.78, 5) is -0.0464. The molecule has 0 amide bonds. The second-order valence-corrected chi connectivity index (χ2v) is 6.27. The number of para-hydroxylation sites is 1. The lowest BCUT2D eigenvalue weighted by atomic mass is 10.3. The molecule has 0 saturated carbocycles. The van der Waals surface area contributed by atoms with Crippen LogP contribution in [0.2, 0.25) is 5.02 Å². The molecule has 20 heavy (non-hydrogen) atoms. The van der Waals surface area contributed by atoms with Crippen molar-refractivity contribution in [2.24, 2.45) is 0 Å². The number of halogens is 1. The monoisotopic (exact) mass is 310 g/mol. The summed E-state index contributed by atoms with van der Waals surface area (Å²) >= 11 is 5.54. The van der Waals surface area contributed by atoms with E-state index in [1.54, 1.807) is 12.1 Å². The lowest BCUT2D eigenvalue weighted by molar-refractivity contribution is 0.459. The summed E-state index contributed by atoms with van der Waals surface area (Å²) in [7, 11) is -3.41. The van der Waals surface area contributed by atoms with Crippen LogP contribution < -0.4 is 0 Å². The lowest BCUT2D eigenvalue weighted by Crippen LogP contribution is -2.04. The van der Waals surface area contributed by atoms with Gasteiger partial charge in [0.1, 0.15) is 10.6 Å². The number of rotatable bonds is 3. The number of hydrogen-bond acceptors (Lipinski definition) is 3. The van der Waals surface area contributed by atoms with Gasteiger partial charge in [-0.15, -0.1) is 6.58 Å². The third-order valence-corrected chi connectivity index (χ3v) is 4.21. The molecule has 0 aliphatic carbocycles. The summed E-state index contributed by atoms with van der Waals surface area (Å²) in [5.41, 5.74) is 0. The Kier molecular flexibility index (Phi) is 6.28. The second kappa shape index (κ2) is 7.72. The fourth-order valence-electron chi connectivity index (χ4n) is 1.38. The Morgan fingerprint density at radius 3 is 2.05 bits per heavy atom. The van der Waals surface area contributed by atoms with E-state index < -0.39 is 9.84 Å². The van der Waals surface area contributed by atoms with Crippen molar-refractivity contribution in [1.29, 1.82) is 0 Å². The predicted octanol–water partition coefficient (Wildman–Crippen LogP) is 3.69. The van der Waals surface area contributed by atoms with Crippen LogP contribution in [-0.2, 0) is 9.84 Å². The highest BCUT2D eigenvalue weighted by molar-refractivity contribution is 7.91. The first-order valence-corrected chi connectivity index (χ1v) is 7.82. The summed E-state index contributed by atoms with van der Waals surface area (Å²) in [6.45, 7) is 3.34. The number of hydrogen-bond donors (Lipinski definition) is 1. The largest absolute Gasteiger partial charge is 0.507 e. The van der Waals surface area contributed by atoms with Gasteiger partial charge < -0.3 is 5.11 Å². The fourth-order valence-corrected chi connectivity index (χ4v) is 2.69. The average Bonchev–Trinajstić information content (AvgIpc) is 2.40. The van der Waals surface area contributed by atoms with Crippen molar-refractivity contribution in [1.82, 2.24) is 0 Å². The van der Waals surface area contributed by atoms with E-state index in [1.165, 1.54) is 18.2 Å². The van der Waals surface area contributed by atoms with Gasteiger partial charge in [-0.05, 0) is 24.3 Å². The van der Waals surface area contributed by atoms with E-state index in [0.29, 0.717) is 0 Å². The Hall–Kier alpha value is -1.78. The van der Waals surface area contributed by atoms with Crippen molar-refractivity contribution < 1.29 is 13.5 Å². The molecule has 0 atom stereocenters. The van der Waals surface area contributed by atoms with Crippen LogP contribution in [0.4, 0.5) is 0 Å². The molecule has 0 spiro atoms. The molecular weight excluding hydrogens is 296 g/mol. The van der Waals surface area contributed by atoms with E-state index >= 15 is 0 Å². The molecule has 0 bridgehead atoms. The zero-order valence-electron chi connectivity index (χ0n) is 10.7. The minimum Gasteiger partial charge on any atom is -0.507 e. The molecule has 5 heteroatoms. The van der Waals surface area contributed by atoms with Crippen molar-refractivity contribution in [3.63, 3.8) is 0 Å². The molecule has 3 nitrogen and oxygen atoms in total. The number of aromatic hydroxyl groups is 1. The van der Waals surface area contributed by atoms with E-state index in [9.17, 15) is 13.5 Å². The minimum atomic E-state index is -3.41. The lowest BCUT2D eigenvalue weighted by Gasteiger charge is -2.02. The van der Waals surface area contributed by atoms with Crippen molar-refractivity contribution in [3.05, 3.63) is 72.3 Å². The van der Waals surface area contributed by atoms with Gasteiger partial charge >= 0.3 is 0 Å². The maximum absolute atomic E-state index is 11.4. The summed E-state index contributed by atoms with van der Waals surface area (Å²) in [6, 6.07) is 15.3. The molecule has 0 radical (unpaired) electrons. The highest BCUT2D eigenvalue weighted by Gasteiger charge is 2.15. The highest BCUT2D eigenvalue weighted by atomic mass is 35.5. The maximum atomic E-state index is 11.4. The van der Waals surface area contributed by atoms with Gasteiger partial charge in [-0.3, -0.25) is 0 Å². The van der Waals surface area contributed by atoms with Gasteiger partial charge in [0.25, 0.3) is 0 Å². The van der Waals surface area contributed by atoms with Gasteiger partial charge in [-0.1, -0.05) is 48.0 Å². The van der Waals surface area contributed by atoms with Gasteiger partial charge in [0, 0.05) is 5.02 Å². The van der Waals surface area contributed by atoms with Crippen LogP contribution >= 0.6 is 11.6 Å². The van der Waals surface area contributed by atoms with E-state index in [0.717, 1.165) is 5.02 Å². The first-order chi connectivity index (χ1) is 9.47. The van der Waals surface area contributed by atoms with E-state index in [1.807, 2.05) is 30.3 Å². The number of phenols is 1. The molecule has 2 aromatic carbocycles. The first-order valence-electron chi connectivity index (χ1n) is 5.79. The van der Waals surface area contributed by atoms with Crippen molar-refractivity contribution in [3.8, 4) is 5.75 Å². The van der Waals surface area contributed by atoms with Crippen LogP contribution in [0.3, 0.4) is 0 Å². The third kappa shape index (κ3) is 5.07. The second-order valence-electron chi connectivity index (χ2n) is 3.83. The quantitative estimate of drug-likeness (QED) is 0.880. The number of benzene rings is 2. The van der Waals surface area contributed by atoms with Crippen LogP contribution in [0.5, 0.6) is 5.75 Å². The standard InChI is InChI=1S/C9H10O3S.C6H5Cl/c1-2-7-13(11,12)9-6-4-3-5-8(9)10;7-6-4-2-1-3-5-6/h2-6,10H,1,7H2;1-5H. The van der Waals surface area contributed by atoms with Crippen molar-refractivity contribution >= 4 is 21.4 Å². The van der Waals surface area contributed by atoms with Crippen LogP contribution in [-0.4, -0.2) is 19.3 Å². The molecule has 0 aliphatic heterocycles. The topological polar surface area (TPSA) is 54.4 Å². The predicted molar refractivity (Wildman–Crippen MR) is 81.8 cm³/mol. The van der Waals surface area contributed by atoms with Gasteiger partial charge in [-0.2, -0.15) is 0 Å². The van der Waals surface area contributed by atoms with Crippen LogP contribution in [0, 0.1) is 0 Å². The van der Waals surface area contributed by atoms with Gasteiger partial charge in [0.15, 0.2) is 9.84 Å². The Morgan fingerprint density at radius 1 is 1.05 bits per heavy atom. The molecular formula is C15H15ClO3S. The molecule has 2 aromatic rings. The molecule has 0 heterocycles. The molecule has 0 aromatic heterocycles. The molecule has 0 unspecified atom stereocenters. The van der Waals surface area contributed by atoms with E-state index in [2.05, 4.69) is 6.58 Å². The Morgan fingerprint density at radius 2 is 1.60 bits per heavy atom. The SMILES string of the molecule is C=CCS(=O)(=O)c1ccccc1O.Clc1ccccc1. The van der Waals surface area contributed by atoms with Crippen LogP contribution in [0.15, 0.2) is 72.1 Å².